The van der Waals surface area contributed by atoms with Crippen molar-refractivity contribution in [1.29, 1.82) is 0 Å². The molecular weight excluding hydrogens is 309 g/mol. The summed E-state index contributed by atoms with van der Waals surface area (Å²) in [4.78, 5) is 0. The standard InChI is InChI=1S/C14H10F5NO2/c15-9-5-6-10(16)13(21)11(9)12(20)7-1-3-8(4-2-7)22-14(17,18)19/h1-6,12,21H,20H2/t12-/m1/s1. The lowest BCUT2D eigenvalue weighted by Gasteiger charge is -2.16. The molecule has 0 unspecified atom stereocenters. The van der Waals surface area contributed by atoms with Gasteiger partial charge in [-0.25, -0.2) is 8.78 Å². The van der Waals surface area contributed by atoms with Crippen molar-refractivity contribution in [2.24, 2.45) is 5.73 Å². The molecule has 22 heavy (non-hydrogen) atoms. The van der Waals surface area contributed by atoms with Crippen molar-refractivity contribution in [2.75, 3.05) is 0 Å². The summed E-state index contributed by atoms with van der Waals surface area (Å²) < 4.78 is 66.8. The number of hydrogen-bond acceptors (Lipinski definition) is 3. The van der Waals surface area contributed by atoms with Gasteiger partial charge in [0.15, 0.2) is 11.6 Å². The zero-order valence-electron chi connectivity index (χ0n) is 10.9. The molecule has 0 aliphatic rings. The first-order chi connectivity index (χ1) is 10.2. The molecule has 0 saturated heterocycles. The van der Waals surface area contributed by atoms with Gasteiger partial charge in [0, 0.05) is 0 Å². The molecule has 0 radical (unpaired) electrons. The first-order valence-electron chi connectivity index (χ1n) is 5.97. The number of phenols is 1. The number of aromatic hydroxyl groups is 1. The minimum Gasteiger partial charge on any atom is -0.505 e. The molecule has 0 saturated carbocycles. The van der Waals surface area contributed by atoms with E-state index in [4.69, 9.17) is 5.73 Å². The van der Waals surface area contributed by atoms with Crippen LogP contribution in [-0.4, -0.2) is 11.5 Å². The van der Waals surface area contributed by atoms with Crippen molar-refractivity contribution in [3.05, 3.63) is 59.2 Å². The van der Waals surface area contributed by atoms with Gasteiger partial charge in [-0.15, -0.1) is 13.2 Å². The van der Waals surface area contributed by atoms with E-state index in [2.05, 4.69) is 4.74 Å². The monoisotopic (exact) mass is 319 g/mol. The van der Waals surface area contributed by atoms with Crippen molar-refractivity contribution in [3.63, 3.8) is 0 Å². The van der Waals surface area contributed by atoms with Crippen molar-refractivity contribution in [1.82, 2.24) is 0 Å². The first-order valence-corrected chi connectivity index (χ1v) is 5.97. The van der Waals surface area contributed by atoms with Crippen LogP contribution < -0.4 is 10.5 Å². The van der Waals surface area contributed by atoms with Crippen LogP contribution in [0.2, 0.25) is 0 Å². The van der Waals surface area contributed by atoms with E-state index in [9.17, 15) is 27.1 Å². The molecule has 1 atom stereocenters. The van der Waals surface area contributed by atoms with Crippen molar-refractivity contribution in [2.45, 2.75) is 12.4 Å². The Kier molecular flexibility index (Phi) is 4.23. The van der Waals surface area contributed by atoms with E-state index in [1.54, 1.807) is 0 Å². The number of halogens is 5. The second-order valence-electron chi connectivity index (χ2n) is 4.39. The highest BCUT2D eigenvalue weighted by Gasteiger charge is 2.31. The normalized spacial score (nSPS) is 13.0. The molecule has 0 aliphatic heterocycles. The highest BCUT2D eigenvalue weighted by Crippen LogP contribution is 2.33. The molecule has 2 rings (SSSR count). The van der Waals surface area contributed by atoms with E-state index >= 15 is 0 Å². The molecule has 0 fully saturated rings. The second-order valence-corrected chi connectivity index (χ2v) is 4.39. The fraction of sp³-hybridized carbons (Fsp3) is 0.143. The Morgan fingerprint density at radius 1 is 0.955 bits per heavy atom. The number of nitrogens with two attached hydrogens (primary N) is 1. The summed E-state index contributed by atoms with van der Waals surface area (Å²) in [6.45, 7) is 0. The Morgan fingerprint density at radius 3 is 2.05 bits per heavy atom. The zero-order valence-corrected chi connectivity index (χ0v) is 10.9. The average molecular weight is 319 g/mol. The Labute approximate surface area is 121 Å². The maximum atomic E-state index is 13.7. The number of hydrogen-bond donors (Lipinski definition) is 2. The average Bonchev–Trinajstić information content (AvgIpc) is 2.42. The third-order valence-electron chi connectivity index (χ3n) is 2.90. The van der Waals surface area contributed by atoms with Gasteiger partial charge in [-0.05, 0) is 29.8 Å². The minimum atomic E-state index is -4.84. The van der Waals surface area contributed by atoms with Crippen LogP contribution in [0.15, 0.2) is 36.4 Å². The SMILES string of the molecule is N[C@H](c1ccc(OC(F)(F)F)cc1)c1c(F)ccc(F)c1O. The van der Waals surface area contributed by atoms with Gasteiger partial charge in [-0.2, -0.15) is 0 Å². The van der Waals surface area contributed by atoms with Crippen molar-refractivity contribution in [3.8, 4) is 11.5 Å². The van der Waals surface area contributed by atoms with Gasteiger partial charge in [0.2, 0.25) is 0 Å². The Balaban J connectivity index is 2.31. The molecular formula is C14H10F5NO2. The van der Waals surface area contributed by atoms with E-state index in [1.807, 2.05) is 0 Å². The minimum absolute atomic E-state index is 0.175. The van der Waals surface area contributed by atoms with Crippen molar-refractivity contribution >= 4 is 0 Å². The molecule has 8 heteroatoms. The third-order valence-corrected chi connectivity index (χ3v) is 2.90. The Morgan fingerprint density at radius 2 is 1.50 bits per heavy atom. The van der Waals surface area contributed by atoms with E-state index in [-0.39, 0.29) is 5.56 Å². The molecule has 0 amide bonds. The van der Waals surface area contributed by atoms with Crippen LogP contribution in [0.3, 0.4) is 0 Å². The largest absolute Gasteiger partial charge is 0.573 e. The summed E-state index contributed by atoms with van der Waals surface area (Å²) in [5.41, 5.74) is 5.43. The summed E-state index contributed by atoms with van der Waals surface area (Å²) in [6, 6.07) is 4.57. The lowest BCUT2D eigenvalue weighted by atomic mass is 9.98. The zero-order chi connectivity index (χ0) is 16.5. The van der Waals surface area contributed by atoms with Crippen LogP contribution in [0.4, 0.5) is 22.0 Å². The maximum absolute atomic E-state index is 13.7. The van der Waals surface area contributed by atoms with Crippen molar-refractivity contribution < 1.29 is 31.8 Å². The predicted molar refractivity (Wildman–Crippen MR) is 67.2 cm³/mol. The summed E-state index contributed by atoms with van der Waals surface area (Å²) >= 11 is 0. The quantitative estimate of drug-likeness (QED) is 0.850. The highest BCUT2D eigenvalue weighted by atomic mass is 19.4. The van der Waals surface area contributed by atoms with Gasteiger partial charge in [0.05, 0.1) is 11.6 Å². The van der Waals surface area contributed by atoms with Gasteiger partial charge in [-0.3, -0.25) is 0 Å². The highest BCUT2D eigenvalue weighted by molar-refractivity contribution is 5.43. The molecule has 118 valence electrons. The van der Waals surface area contributed by atoms with Crippen LogP contribution >= 0.6 is 0 Å². The lowest BCUT2D eigenvalue weighted by Crippen LogP contribution is -2.17. The Bertz CT molecular complexity index is 670. The maximum Gasteiger partial charge on any atom is 0.573 e. The molecule has 3 nitrogen and oxygen atoms in total. The number of rotatable bonds is 3. The molecule has 0 spiro atoms. The van der Waals surface area contributed by atoms with Crippen LogP contribution in [0.25, 0.3) is 0 Å². The smallest absolute Gasteiger partial charge is 0.505 e. The fourth-order valence-electron chi connectivity index (χ4n) is 1.90. The van der Waals surface area contributed by atoms with Gasteiger partial charge in [0.1, 0.15) is 11.6 Å². The molecule has 2 aromatic rings. The van der Waals surface area contributed by atoms with E-state index < -0.39 is 41.1 Å². The number of alkyl halides is 3. The lowest BCUT2D eigenvalue weighted by molar-refractivity contribution is -0.274. The summed E-state index contributed by atoms with van der Waals surface area (Å²) in [5, 5.41) is 9.55. The fourth-order valence-corrected chi connectivity index (χ4v) is 1.90. The molecule has 0 aliphatic carbocycles. The molecule has 0 aromatic heterocycles. The summed E-state index contributed by atoms with van der Waals surface area (Å²) in [6.07, 6.45) is -4.84. The molecule has 3 N–H and O–H groups in total. The van der Waals surface area contributed by atoms with Gasteiger partial charge < -0.3 is 15.6 Å². The van der Waals surface area contributed by atoms with Gasteiger partial charge >= 0.3 is 6.36 Å². The molecule has 0 bridgehead atoms. The van der Waals surface area contributed by atoms with Gasteiger partial charge in [0.25, 0.3) is 0 Å². The second kappa shape index (κ2) is 5.80. The van der Waals surface area contributed by atoms with E-state index in [0.29, 0.717) is 0 Å². The van der Waals surface area contributed by atoms with Crippen LogP contribution in [0.1, 0.15) is 17.2 Å². The van der Waals surface area contributed by atoms with Crippen LogP contribution in [-0.2, 0) is 0 Å². The van der Waals surface area contributed by atoms with Gasteiger partial charge in [-0.1, -0.05) is 12.1 Å². The summed E-state index contributed by atoms with van der Waals surface area (Å²) in [7, 11) is 0. The first kappa shape index (κ1) is 16.0. The van der Waals surface area contributed by atoms with E-state index in [1.165, 1.54) is 0 Å². The third kappa shape index (κ3) is 3.45. The van der Waals surface area contributed by atoms with Crippen LogP contribution in [0, 0.1) is 11.6 Å². The van der Waals surface area contributed by atoms with Crippen LogP contribution in [0.5, 0.6) is 11.5 Å². The predicted octanol–water partition coefficient (Wildman–Crippen LogP) is 3.62. The number of benzene rings is 2. The molecule has 0 heterocycles. The Hall–Kier alpha value is -2.35. The number of phenolic OH excluding ortho intramolecular Hbond substituents is 1. The summed E-state index contributed by atoms with van der Waals surface area (Å²) in [5.74, 6) is -3.40. The molecule has 2 aromatic carbocycles. The number of ether oxygens (including phenoxy) is 1. The van der Waals surface area contributed by atoms with E-state index in [0.717, 1.165) is 36.4 Å². The topological polar surface area (TPSA) is 55.5 Å².